The van der Waals surface area contributed by atoms with Gasteiger partial charge in [0.1, 0.15) is 0 Å². The van der Waals surface area contributed by atoms with Gasteiger partial charge in [-0.15, -0.1) is 0 Å². The van der Waals surface area contributed by atoms with E-state index in [0.717, 1.165) is 68.2 Å². The van der Waals surface area contributed by atoms with E-state index in [1.807, 2.05) is 0 Å². The van der Waals surface area contributed by atoms with Gasteiger partial charge in [-0.1, -0.05) is 206 Å². The summed E-state index contributed by atoms with van der Waals surface area (Å²) in [6.45, 7) is 0. The van der Waals surface area contributed by atoms with Gasteiger partial charge in [-0.2, -0.15) is 0 Å². The summed E-state index contributed by atoms with van der Waals surface area (Å²) in [6, 6.07) is 126. The predicted octanol–water partition coefficient (Wildman–Crippen LogP) is 22.2. The Kier molecular flexibility index (Phi) is 14.5. The first-order chi connectivity index (χ1) is 40.7. The third kappa shape index (κ3) is 10.9. The van der Waals surface area contributed by atoms with Gasteiger partial charge < -0.3 is 19.6 Å². The van der Waals surface area contributed by atoms with Crippen molar-refractivity contribution in [2.75, 3.05) is 19.6 Å². The van der Waals surface area contributed by atoms with Crippen LogP contribution in [0.3, 0.4) is 0 Å². The molecule has 0 aliphatic heterocycles. The first-order valence-corrected chi connectivity index (χ1v) is 27.9. The van der Waals surface area contributed by atoms with Crippen molar-refractivity contribution in [1.82, 2.24) is 0 Å². The molecule has 0 amide bonds. The zero-order chi connectivity index (χ0) is 54.9. The zero-order valence-corrected chi connectivity index (χ0v) is 45.3. The summed E-state index contributed by atoms with van der Waals surface area (Å²) in [4.78, 5) is 9.35. The molecule has 0 unspecified atom stereocenters. The Morgan fingerprint density at radius 3 is 0.366 bits per heavy atom. The molecule has 0 saturated heterocycles. The highest BCUT2D eigenvalue weighted by Gasteiger charge is 2.20. The maximum Gasteiger partial charge on any atom is 0.0463 e. The van der Waals surface area contributed by atoms with Crippen LogP contribution in [0.5, 0.6) is 0 Å². The van der Waals surface area contributed by atoms with Crippen molar-refractivity contribution in [1.29, 1.82) is 0 Å². The molecular weight excluding hydrogens is 993 g/mol. The monoisotopic (exact) mass is 1050 g/mol. The summed E-state index contributed by atoms with van der Waals surface area (Å²) in [5, 5.41) is 0. The highest BCUT2D eigenvalue weighted by atomic mass is 15.2. The molecule has 0 aliphatic rings. The van der Waals surface area contributed by atoms with Gasteiger partial charge in [0.2, 0.25) is 0 Å². The van der Waals surface area contributed by atoms with Gasteiger partial charge in [-0.05, 0) is 190 Å². The average molecular weight is 1050 g/mol. The van der Waals surface area contributed by atoms with Crippen molar-refractivity contribution in [3.8, 4) is 44.5 Å². The number of anilines is 12. The van der Waals surface area contributed by atoms with Crippen LogP contribution in [0.15, 0.2) is 352 Å². The number of rotatable bonds is 16. The second kappa shape index (κ2) is 23.6. The van der Waals surface area contributed by atoms with Crippen molar-refractivity contribution in [3.05, 3.63) is 352 Å². The van der Waals surface area contributed by atoms with E-state index in [1.165, 1.54) is 44.5 Å². The second-order valence-electron chi connectivity index (χ2n) is 20.2. The molecule has 82 heavy (non-hydrogen) atoms. The van der Waals surface area contributed by atoms with Crippen molar-refractivity contribution in [3.63, 3.8) is 0 Å². The van der Waals surface area contributed by atoms with Gasteiger partial charge >= 0.3 is 0 Å². The molecule has 0 atom stereocenters. The highest BCUT2D eigenvalue weighted by Crippen LogP contribution is 2.44. The van der Waals surface area contributed by atoms with Gasteiger partial charge in [0.15, 0.2) is 0 Å². The van der Waals surface area contributed by atoms with E-state index in [-0.39, 0.29) is 0 Å². The third-order valence-electron chi connectivity index (χ3n) is 15.1. The average Bonchev–Trinajstić information content (AvgIpc) is 3.76. The molecule has 0 bridgehead atoms. The molecule has 4 nitrogen and oxygen atoms in total. The molecule has 13 aromatic carbocycles. The fraction of sp³-hybridized carbons (Fsp3) is 0. The maximum absolute atomic E-state index is 2.36. The number of para-hydroxylation sites is 2. The summed E-state index contributed by atoms with van der Waals surface area (Å²) in [6.07, 6.45) is 0. The lowest BCUT2D eigenvalue weighted by Gasteiger charge is -2.30. The minimum atomic E-state index is 1.02. The van der Waals surface area contributed by atoms with Crippen molar-refractivity contribution >= 4 is 68.2 Å². The minimum Gasteiger partial charge on any atom is -0.311 e. The molecule has 13 aromatic rings. The van der Waals surface area contributed by atoms with Gasteiger partial charge in [0, 0.05) is 68.2 Å². The zero-order valence-electron chi connectivity index (χ0n) is 45.3. The van der Waals surface area contributed by atoms with Crippen LogP contribution in [0.25, 0.3) is 44.5 Å². The second-order valence-corrected chi connectivity index (χ2v) is 20.2. The molecule has 0 N–H and O–H groups in total. The standard InChI is InChI=1S/C78H58N4/c1-7-19-59(20-8-1)63-31-39-69(40-32-63)80(70-41-33-64(34-42-70)60-21-9-2-10-22-60)74-51-55-77(56-52-74)82(76-49-47-73(48-50-76)79(67-27-15-5-16-28-67)68-29-17-6-18-30-68)78-57-53-75(54-58-78)81(71-43-35-65(36-44-71)61-23-11-3-12-24-61)72-45-37-66(38-46-72)62-25-13-4-14-26-62/h1-58H. The van der Waals surface area contributed by atoms with E-state index < -0.39 is 0 Å². The first-order valence-electron chi connectivity index (χ1n) is 27.9. The molecule has 0 spiro atoms. The smallest absolute Gasteiger partial charge is 0.0463 e. The van der Waals surface area contributed by atoms with Crippen LogP contribution in [-0.2, 0) is 0 Å². The molecule has 0 saturated carbocycles. The molecule has 0 heterocycles. The molecule has 0 radical (unpaired) electrons. The Hall–Kier alpha value is -10.9. The van der Waals surface area contributed by atoms with E-state index in [0.29, 0.717) is 0 Å². The molecule has 0 aliphatic carbocycles. The van der Waals surface area contributed by atoms with Crippen LogP contribution in [-0.4, -0.2) is 0 Å². The van der Waals surface area contributed by atoms with Crippen LogP contribution in [0.4, 0.5) is 68.2 Å². The van der Waals surface area contributed by atoms with Gasteiger partial charge in [0.25, 0.3) is 0 Å². The highest BCUT2D eigenvalue weighted by molar-refractivity contribution is 5.87. The fourth-order valence-corrected chi connectivity index (χ4v) is 10.9. The van der Waals surface area contributed by atoms with E-state index in [2.05, 4.69) is 371 Å². The molecule has 0 fully saturated rings. The lowest BCUT2D eigenvalue weighted by atomic mass is 10.0. The first kappa shape index (κ1) is 50.6. The Bertz CT molecular complexity index is 3690. The molecule has 13 rings (SSSR count). The summed E-state index contributed by atoms with van der Waals surface area (Å²) in [7, 11) is 0. The van der Waals surface area contributed by atoms with Crippen molar-refractivity contribution in [2.45, 2.75) is 0 Å². The maximum atomic E-state index is 2.36. The number of hydrogen-bond acceptors (Lipinski definition) is 4. The lowest BCUT2D eigenvalue weighted by molar-refractivity contribution is 1.24. The van der Waals surface area contributed by atoms with Crippen LogP contribution >= 0.6 is 0 Å². The normalized spacial score (nSPS) is 10.9. The van der Waals surface area contributed by atoms with Gasteiger partial charge in [-0.3, -0.25) is 0 Å². The Balaban J connectivity index is 0.898. The van der Waals surface area contributed by atoms with E-state index >= 15 is 0 Å². The number of benzene rings is 13. The van der Waals surface area contributed by atoms with Crippen LogP contribution in [0, 0.1) is 0 Å². The van der Waals surface area contributed by atoms with Crippen molar-refractivity contribution < 1.29 is 0 Å². The number of nitrogens with zero attached hydrogens (tertiary/aromatic N) is 4. The fourth-order valence-electron chi connectivity index (χ4n) is 10.9. The summed E-state index contributed by atoms with van der Waals surface area (Å²) < 4.78 is 0. The largest absolute Gasteiger partial charge is 0.311 e. The quantitative estimate of drug-likeness (QED) is 0.0956. The van der Waals surface area contributed by atoms with Crippen LogP contribution in [0.2, 0.25) is 0 Å². The Labute approximate surface area is 481 Å². The van der Waals surface area contributed by atoms with Crippen molar-refractivity contribution in [2.24, 2.45) is 0 Å². The molecule has 390 valence electrons. The summed E-state index contributed by atoms with van der Waals surface area (Å²) >= 11 is 0. The third-order valence-corrected chi connectivity index (χ3v) is 15.1. The van der Waals surface area contributed by atoms with E-state index in [4.69, 9.17) is 0 Å². The molecule has 0 aromatic heterocycles. The predicted molar refractivity (Wildman–Crippen MR) is 347 cm³/mol. The topological polar surface area (TPSA) is 13.0 Å². The molecular formula is C78H58N4. The van der Waals surface area contributed by atoms with Gasteiger partial charge in [0.05, 0.1) is 0 Å². The van der Waals surface area contributed by atoms with E-state index in [1.54, 1.807) is 0 Å². The Morgan fingerprint density at radius 1 is 0.0976 bits per heavy atom. The van der Waals surface area contributed by atoms with E-state index in [9.17, 15) is 0 Å². The Morgan fingerprint density at radius 2 is 0.207 bits per heavy atom. The number of hydrogen-bond donors (Lipinski definition) is 0. The van der Waals surface area contributed by atoms with Crippen LogP contribution < -0.4 is 19.6 Å². The lowest BCUT2D eigenvalue weighted by Crippen LogP contribution is -2.14. The summed E-state index contributed by atoms with van der Waals surface area (Å²) in [5.74, 6) is 0. The summed E-state index contributed by atoms with van der Waals surface area (Å²) in [5.41, 5.74) is 22.1. The van der Waals surface area contributed by atoms with Gasteiger partial charge in [-0.25, -0.2) is 0 Å². The minimum absolute atomic E-state index is 1.02. The molecule has 4 heteroatoms. The SMILES string of the molecule is c1ccc(-c2ccc(N(c3ccc(-c4ccccc4)cc3)c3ccc(N(c4ccc(N(c5ccccc5)c5ccccc5)cc4)c4ccc(N(c5ccc(-c6ccccc6)cc5)c5ccc(-c6ccccc6)cc5)cc4)cc3)cc2)cc1. The van der Waals surface area contributed by atoms with Crippen LogP contribution in [0.1, 0.15) is 0 Å².